The Hall–Kier alpha value is -1.17. The van der Waals surface area contributed by atoms with Crippen LogP contribution in [-0.2, 0) is 0 Å². The Labute approximate surface area is 122 Å². The molecule has 2 aliphatic rings. The second kappa shape index (κ2) is 5.86. The van der Waals surface area contributed by atoms with Gasteiger partial charge in [-0.25, -0.2) is 0 Å². The fourth-order valence-corrected chi connectivity index (χ4v) is 2.20. The van der Waals surface area contributed by atoms with E-state index in [1.54, 1.807) is 12.1 Å². The van der Waals surface area contributed by atoms with E-state index in [0.717, 1.165) is 13.1 Å². The molecule has 104 valence electrons. The number of nitrogens with one attached hydrogen (secondary N) is 2. The molecule has 0 radical (unpaired) electrons. The fourth-order valence-electron chi connectivity index (χ4n) is 1.93. The van der Waals surface area contributed by atoms with Crippen LogP contribution >= 0.6 is 24.0 Å². The smallest absolute Gasteiger partial charge is 0.251 e. The number of hydrogen-bond donors (Lipinski definition) is 2. The summed E-state index contributed by atoms with van der Waals surface area (Å²) >= 11 is 6.03. The van der Waals surface area contributed by atoms with Crippen molar-refractivity contribution in [1.29, 1.82) is 0 Å². The van der Waals surface area contributed by atoms with E-state index >= 15 is 0 Å². The Morgan fingerprint density at radius 3 is 2.89 bits per heavy atom. The average molecular weight is 305 g/mol. The highest BCUT2D eigenvalue weighted by Gasteiger charge is 2.22. The summed E-state index contributed by atoms with van der Waals surface area (Å²) < 4.78 is 10.4. The van der Waals surface area contributed by atoms with Gasteiger partial charge < -0.3 is 20.1 Å². The van der Waals surface area contributed by atoms with Gasteiger partial charge in [0.15, 0.2) is 11.5 Å². The highest BCUT2D eigenvalue weighted by atomic mass is 35.5. The highest BCUT2D eigenvalue weighted by molar-refractivity contribution is 6.32. The minimum atomic E-state index is -0.137. The summed E-state index contributed by atoms with van der Waals surface area (Å²) in [6.07, 6.45) is 0. The van der Waals surface area contributed by atoms with Crippen molar-refractivity contribution in [3.63, 3.8) is 0 Å². The number of amides is 1. The second-order valence-electron chi connectivity index (χ2n) is 4.43. The van der Waals surface area contributed by atoms with E-state index in [1.165, 1.54) is 0 Å². The van der Waals surface area contributed by atoms with E-state index < -0.39 is 0 Å². The molecular weight excluding hydrogens is 291 g/mol. The molecule has 3 rings (SSSR count). The summed E-state index contributed by atoms with van der Waals surface area (Å²) in [4.78, 5) is 12.0. The van der Waals surface area contributed by atoms with E-state index in [1.807, 2.05) is 0 Å². The molecule has 2 N–H and O–H groups in total. The zero-order valence-corrected chi connectivity index (χ0v) is 11.6. The molecule has 19 heavy (non-hydrogen) atoms. The zero-order chi connectivity index (χ0) is 12.5. The van der Waals surface area contributed by atoms with Crippen molar-refractivity contribution in [1.82, 2.24) is 10.6 Å². The molecule has 1 saturated heterocycles. The van der Waals surface area contributed by atoms with Crippen molar-refractivity contribution in [2.75, 3.05) is 26.4 Å². The summed E-state index contributed by atoms with van der Waals surface area (Å²) in [5.74, 6) is 1.43. The third kappa shape index (κ3) is 2.88. The molecular formula is C12H14Cl2N2O3. The van der Waals surface area contributed by atoms with Gasteiger partial charge in [0.2, 0.25) is 6.79 Å². The molecule has 0 aromatic heterocycles. The van der Waals surface area contributed by atoms with Gasteiger partial charge >= 0.3 is 0 Å². The van der Waals surface area contributed by atoms with Gasteiger partial charge in [0, 0.05) is 31.1 Å². The van der Waals surface area contributed by atoms with Gasteiger partial charge in [-0.1, -0.05) is 11.6 Å². The third-order valence-corrected chi connectivity index (χ3v) is 3.39. The molecule has 0 unspecified atom stereocenters. The van der Waals surface area contributed by atoms with Gasteiger partial charge in [0.25, 0.3) is 5.91 Å². The molecule has 0 bridgehead atoms. The van der Waals surface area contributed by atoms with Crippen molar-refractivity contribution in [2.45, 2.75) is 0 Å². The van der Waals surface area contributed by atoms with Gasteiger partial charge in [0.05, 0.1) is 5.02 Å². The van der Waals surface area contributed by atoms with E-state index in [-0.39, 0.29) is 25.1 Å². The van der Waals surface area contributed by atoms with Gasteiger partial charge in [-0.3, -0.25) is 4.79 Å². The molecule has 7 heteroatoms. The first-order valence-electron chi connectivity index (χ1n) is 5.82. The number of carbonyl (C=O) groups is 1. The molecule has 2 heterocycles. The number of ether oxygens (including phenoxy) is 2. The first-order chi connectivity index (χ1) is 8.74. The maximum Gasteiger partial charge on any atom is 0.251 e. The number of halogens is 2. The van der Waals surface area contributed by atoms with Gasteiger partial charge in [-0.15, -0.1) is 12.4 Å². The number of carbonyl (C=O) groups excluding carboxylic acids is 1. The van der Waals surface area contributed by atoms with Crippen LogP contribution < -0.4 is 20.1 Å². The highest BCUT2D eigenvalue weighted by Crippen LogP contribution is 2.39. The lowest BCUT2D eigenvalue weighted by Gasteiger charge is -2.27. The summed E-state index contributed by atoms with van der Waals surface area (Å²) in [7, 11) is 0. The van der Waals surface area contributed by atoms with Crippen LogP contribution in [0.25, 0.3) is 0 Å². The normalized spacial score (nSPS) is 16.5. The van der Waals surface area contributed by atoms with Crippen LogP contribution in [0.5, 0.6) is 11.5 Å². The lowest BCUT2D eigenvalue weighted by Crippen LogP contribution is -2.48. The van der Waals surface area contributed by atoms with Crippen molar-refractivity contribution in [2.24, 2.45) is 5.92 Å². The Bertz CT molecular complexity index is 492. The summed E-state index contributed by atoms with van der Waals surface area (Å²) in [6, 6.07) is 3.26. The molecule has 1 fully saturated rings. The van der Waals surface area contributed by atoms with E-state index in [2.05, 4.69) is 10.6 Å². The van der Waals surface area contributed by atoms with Crippen LogP contribution in [-0.4, -0.2) is 32.3 Å². The minimum absolute atomic E-state index is 0. The maximum absolute atomic E-state index is 12.0. The summed E-state index contributed by atoms with van der Waals surface area (Å²) in [5.41, 5.74) is 0.497. The first-order valence-corrected chi connectivity index (χ1v) is 6.20. The Morgan fingerprint density at radius 2 is 2.21 bits per heavy atom. The molecule has 0 spiro atoms. The molecule has 0 saturated carbocycles. The molecule has 5 nitrogen and oxygen atoms in total. The van der Waals surface area contributed by atoms with E-state index in [4.69, 9.17) is 21.1 Å². The summed E-state index contributed by atoms with van der Waals surface area (Å²) in [5, 5.41) is 6.45. The fraction of sp³-hybridized carbons (Fsp3) is 0.417. The maximum atomic E-state index is 12.0. The van der Waals surface area contributed by atoms with Gasteiger partial charge in [-0.2, -0.15) is 0 Å². The third-order valence-electron chi connectivity index (χ3n) is 3.11. The quantitative estimate of drug-likeness (QED) is 0.887. The molecule has 1 aromatic carbocycles. The average Bonchev–Trinajstić information content (AvgIpc) is 2.75. The Kier molecular flexibility index (Phi) is 4.39. The van der Waals surface area contributed by atoms with Crippen LogP contribution in [0.15, 0.2) is 12.1 Å². The number of rotatable bonds is 3. The molecule has 0 atom stereocenters. The minimum Gasteiger partial charge on any atom is -0.454 e. The van der Waals surface area contributed by atoms with Crippen LogP contribution in [0.2, 0.25) is 5.02 Å². The van der Waals surface area contributed by atoms with Gasteiger partial charge in [0.1, 0.15) is 0 Å². The number of hydrogen-bond acceptors (Lipinski definition) is 4. The largest absolute Gasteiger partial charge is 0.454 e. The van der Waals surface area contributed by atoms with Crippen LogP contribution in [0.1, 0.15) is 10.4 Å². The van der Waals surface area contributed by atoms with Crippen LogP contribution in [0.4, 0.5) is 0 Å². The SMILES string of the molecule is Cl.O=C(NCC1CNC1)c1cc(Cl)c2c(c1)OCO2. The first kappa shape index (κ1) is 14.2. The second-order valence-corrected chi connectivity index (χ2v) is 4.83. The predicted octanol–water partition coefficient (Wildman–Crippen LogP) is 1.44. The van der Waals surface area contributed by atoms with Crippen molar-refractivity contribution in [3.8, 4) is 11.5 Å². The lowest BCUT2D eigenvalue weighted by molar-refractivity contribution is 0.0942. The monoisotopic (exact) mass is 304 g/mol. The molecule has 0 aliphatic carbocycles. The Morgan fingerprint density at radius 1 is 1.42 bits per heavy atom. The van der Waals surface area contributed by atoms with Gasteiger partial charge in [-0.05, 0) is 12.1 Å². The molecule has 1 aromatic rings. The summed E-state index contributed by atoms with van der Waals surface area (Å²) in [6.45, 7) is 2.75. The number of fused-ring (bicyclic) bond motifs is 1. The zero-order valence-electron chi connectivity index (χ0n) is 10.1. The van der Waals surface area contributed by atoms with Crippen molar-refractivity contribution >= 4 is 29.9 Å². The number of benzene rings is 1. The standard InChI is InChI=1S/C12H13ClN2O3.ClH/c13-9-1-8(2-10-11(9)18-6-17-10)12(16)15-5-7-3-14-4-7;/h1-2,7,14H,3-6H2,(H,15,16);1H. The predicted molar refractivity (Wildman–Crippen MR) is 73.5 cm³/mol. The van der Waals surface area contributed by atoms with Crippen molar-refractivity contribution < 1.29 is 14.3 Å². The topological polar surface area (TPSA) is 59.6 Å². The van der Waals surface area contributed by atoms with Crippen molar-refractivity contribution in [3.05, 3.63) is 22.7 Å². The van der Waals surface area contributed by atoms with E-state index in [0.29, 0.717) is 34.5 Å². The van der Waals surface area contributed by atoms with E-state index in [9.17, 15) is 4.79 Å². The van der Waals surface area contributed by atoms with Crippen LogP contribution in [0, 0.1) is 5.92 Å². The lowest BCUT2D eigenvalue weighted by atomic mass is 10.0. The molecule has 1 amide bonds. The Balaban J connectivity index is 0.00000133. The molecule has 2 aliphatic heterocycles. The van der Waals surface area contributed by atoms with Crippen LogP contribution in [0.3, 0.4) is 0 Å².